The molecule has 1 N–H and O–H groups in total. The molecule has 3 rings (SSSR count). The van der Waals surface area contributed by atoms with E-state index < -0.39 is 0 Å². The number of anilines is 1. The van der Waals surface area contributed by atoms with Crippen LogP contribution in [0.4, 0.5) is 10.5 Å². The van der Waals surface area contributed by atoms with E-state index in [9.17, 15) is 4.79 Å². The molecule has 1 aromatic heterocycles. The Morgan fingerprint density at radius 2 is 1.51 bits per heavy atom. The van der Waals surface area contributed by atoms with E-state index in [4.69, 9.17) is 16.3 Å². The highest BCUT2D eigenvalue weighted by molar-refractivity contribution is 7.09. The zero-order valence-corrected chi connectivity index (χ0v) is 26.9. The minimum Gasteiger partial charge on any atom is -0.492 e. The maximum absolute atomic E-state index is 12.8. The number of nitrogens with zero attached hydrogens (tertiary/aromatic N) is 2. The van der Waals surface area contributed by atoms with E-state index in [1.54, 1.807) is 23.3 Å². The van der Waals surface area contributed by atoms with Crippen molar-refractivity contribution in [2.45, 2.75) is 104 Å². The van der Waals surface area contributed by atoms with Gasteiger partial charge in [0.2, 0.25) is 5.51 Å². The second-order valence-electron chi connectivity index (χ2n) is 10.9. The normalized spacial score (nSPS) is 11.0. The van der Waals surface area contributed by atoms with Crippen molar-refractivity contribution in [3.05, 3.63) is 75.2 Å². The second-order valence-corrected chi connectivity index (χ2v) is 12.4. The number of hydrogen-bond acceptors (Lipinski definition) is 3. The Morgan fingerprint density at radius 3 is 2.10 bits per heavy atom. The SMILES string of the molecule is CCCCCCCCCCCCCCOc1cc(CN(C(=O)NC)c2ccc(C[n+]3csc(C)c3)cc2)ccc1Cl. The summed E-state index contributed by atoms with van der Waals surface area (Å²) in [4.78, 5) is 15.8. The highest BCUT2D eigenvalue weighted by Gasteiger charge is 2.17. The van der Waals surface area contributed by atoms with Gasteiger partial charge >= 0.3 is 6.03 Å². The van der Waals surface area contributed by atoms with Crippen molar-refractivity contribution in [2.75, 3.05) is 18.6 Å². The van der Waals surface area contributed by atoms with Crippen LogP contribution in [0.3, 0.4) is 0 Å². The number of carbonyl (C=O) groups excluding carboxylic acids is 1. The van der Waals surface area contributed by atoms with Gasteiger partial charge in [-0.1, -0.05) is 119 Å². The summed E-state index contributed by atoms with van der Waals surface area (Å²) in [5, 5.41) is 3.38. The maximum atomic E-state index is 12.8. The first-order chi connectivity index (χ1) is 20.0. The van der Waals surface area contributed by atoms with Crippen molar-refractivity contribution in [3.8, 4) is 5.75 Å². The summed E-state index contributed by atoms with van der Waals surface area (Å²) in [6.45, 7) is 6.26. The molecule has 2 aromatic carbocycles. The fraction of sp³-hybridized carbons (Fsp3) is 0.529. The van der Waals surface area contributed by atoms with E-state index in [-0.39, 0.29) is 6.03 Å². The first-order valence-corrected chi connectivity index (χ1v) is 16.7. The lowest BCUT2D eigenvalue weighted by molar-refractivity contribution is -0.683. The van der Waals surface area contributed by atoms with Gasteiger partial charge in [-0.25, -0.2) is 4.79 Å². The van der Waals surface area contributed by atoms with Gasteiger partial charge in [-0.05, 0) is 43.2 Å². The first kappa shape index (κ1) is 32.9. The molecule has 0 atom stereocenters. The molecule has 0 saturated carbocycles. The highest BCUT2D eigenvalue weighted by atomic mass is 35.5. The van der Waals surface area contributed by atoms with Gasteiger partial charge in [0.05, 0.1) is 23.1 Å². The van der Waals surface area contributed by atoms with Gasteiger partial charge in [0.15, 0.2) is 12.7 Å². The summed E-state index contributed by atoms with van der Waals surface area (Å²) < 4.78 is 8.24. The van der Waals surface area contributed by atoms with Crippen molar-refractivity contribution in [1.82, 2.24) is 5.32 Å². The summed E-state index contributed by atoms with van der Waals surface area (Å²) in [5.74, 6) is 0.683. The number of hydrogen-bond donors (Lipinski definition) is 1. The number of urea groups is 1. The van der Waals surface area contributed by atoms with Crippen LogP contribution in [0.1, 0.15) is 100.0 Å². The predicted octanol–water partition coefficient (Wildman–Crippen LogP) is 9.47. The van der Waals surface area contributed by atoms with Crippen LogP contribution in [0.5, 0.6) is 5.75 Å². The Morgan fingerprint density at radius 1 is 0.902 bits per heavy atom. The van der Waals surface area contributed by atoms with Gasteiger partial charge < -0.3 is 10.1 Å². The van der Waals surface area contributed by atoms with E-state index in [1.165, 1.54) is 81.1 Å². The number of rotatable bonds is 19. The fourth-order valence-electron chi connectivity index (χ4n) is 5.00. The molecule has 0 bridgehead atoms. The van der Waals surface area contributed by atoms with Crippen LogP contribution in [-0.4, -0.2) is 19.7 Å². The van der Waals surface area contributed by atoms with E-state index >= 15 is 0 Å². The number of thiazole rings is 1. The first-order valence-electron chi connectivity index (χ1n) is 15.4. The molecule has 0 aliphatic heterocycles. The molecular formula is C34H49ClN3O2S+. The minimum atomic E-state index is -0.158. The van der Waals surface area contributed by atoms with Gasteiger partial charge in [0, 0.05) is 18.3 Å². The third-order valence-corrected chi connectivity index (χ3v) is 8.55. The Bertz CT molecular complexity index is 1170. The number of carbonyl (C=O) groups is 1. The average molecular weight is 599 g/mol. The number of nitrogens with one attached hydrogen (secondary N) is 1. The number of unbranched alkanes of at least 4 members (excludes halogenated alkanes) is 11. The molecular weight excluding hydrogens is 550 g/mol. The van der Waals surface area contributed by atoms with Gasteiger partial charge in [0.1, 0.15) is 5.75 Å². The molecule has 41 heavy (non-hydrogen) atoms. The number of aryl methyl sites for hydroxylation is 1. The lowest BCUT2D eigenvalue weighted by atomic mass is 10.1. The molecule has 224 valence electrons. The molecule has 0 radical (unpaired) electrons. The van der Waals surface area contributed by atoms with Crippen molar-refractivity contribution in [3.63, 3.8) is 0 Å². The van der Waals surface area contributed by atoms with Crippen molar-refractivity contribution >= 4 is 34.7 Å². The lowest BCUT2D eigenvalue weighted by Gasteiger charge is -2.23. The quantitative estimate of drug-likeness (QED) is 0.110. The molecule has 0 fully saturated rings. The molecule has 2 amide bonds. The molecule has 7 heteroatoms. The van der Waals surface area contributed by atoms with Crippen molar-refractivity contribution in [1.29, 1.82) is 0 Å². The van der Waals surface area contributed by atoms with E-state index in [2.05, 4.69) is 47.6 Å². The van der Waals surface area contributed by atoms with Gasteiger partial charge in [-0.15, -0.1) is 0 Å². The number of aromatic nitrogens is 1. The van der Waals surface area contributed by atoms with Crippen LogP contribution in [-0.2, 0) is 13.1 Å². The van der Waals surface area contributed by atoms with Crippen LogP contribution < -0.4 is 19.5 Å². The Balaban J connectivity index is 1.44. The second kappa shape index (κ2) is 18.8. The van der Waals surface area contributed by atoms with E-state index in [0.29, 0.717) is 23.9 Å². The monoisotopic (exact) mass is 598 g/mol. The number of benzene rings is 2. The number of amides is 2. The molecule has 5 nitrogen and oxygen atoms in total. The summed E-state index contributed by atoms with van der Waals surface area (Å²) in [6.07, 6.45) is 17.9. The molecule has 1 heterocycles. The Hall–Kier alpha value is -2.57. The average Bonchev–Trinajstić information content (AvgIpc) is 3.39. The molecule has 0 aliphatic rings. The summed E-state index contributed by atoms with van der Waals surface area (Å²) in [6, 6.07) is 13.8. The van der Waals surface area contributed by atoms with Gasteiger partial charge in [-0.2, -0.15) is 4.57 Å². The minimum absolute atomic E-state index is 0.158. The summed E-state index contributed by atoms with van der Waals surface area (Å²) in [5.41, 5.74) is 5.12. The van der Waals surface area contributed by atoms with Crippen LogP contribution in [0.15, 0.2) is 54.2 Å². The lowest BCUT2D eigenvalue weighted by Crippen LogP contribution is -2.37. The van der Waals surface area contributed by atoms with Gasteiger partial charge in [-0.3, -0.25) is 4.90 Å². The zero-order valence-electron chi connectivity index (χ0n) is 25.3. The molecule has 0 unspecified atom stereocenters. The van der Waals surface area contributed by atoms with Crippen molar-refractivity contribution in [2.24, 2.45) is 0 Å². The molecule has 0 spiro atoms. The Labute approximate surface area is 256 Å². The third kappa shape index (κ3) is 12.1. The summed E-state index contributed by atoms with van der Waals surface area (Å²) >= 11 is 8.19. The number of halogens is 1. The van der Waals surface area contributed by atoms with Crippen LogP contribution >= 0.6 is 22.9 Å². The topological polar surface area (TPSA) is 45.5 Å². The van der Waals surface area contributed by atoms with Crippen LogP contribution in [0, 0.1) is 6.92 Å². The van der Waals surface area contributed by atoms with Crippen LogP contribution in [0.2, 0.25) is 5.02 Å². The molecule has 0 saturated heterocycles. The molecule has 3 aromatic rings. The third-order valence-electron chi connectivity index (χ3n) is 7.39. The Kier molecular flexibility index (Phi) is 15.1. The molecule has 0 aliphatic carbocycles. The number of ether oxygens (including phenoxy) is 1. The van der Waals surface area contributed by atoms with Gasteiger partial charge in [0.25, 0.3) is 0 Å². The smallest absolute Gasteiger partial charge is 0.321 e. The standard InChI is InChI=1S/C34H48ClN3O2S/c1-4-5-6-7-8-9-10-11-12-13-14-15-22-40-33-23-30(18-21-32(33)35)26-38(34(39)36-3)31-19-16-29(17-20-31)25-37-24-28(2)41-27-37/h16-21,23-24,27H,4-15,22,25-26H2,1-3H3/p+1. The zero-order chi connectivity index (χ0) is 29.3. The fourth-order valence-corrected chi connectivity index (χ4v) is 5.81. The maximum Gasteiger partial charge on any atom is 0.321 e. The summed E-state index contributed by atoms with van der Waals surface area (Å²) in [7, 11) is 1.66. The van der Waals surface area contributed by atoms with Crippen LogP contribution in [0.25, 0.3) is 0 Å². The van der Waals surface area contributed by atoms with E-state index in [1.807, 2.05) is 30.3 Å². The largest absolute Gasteiger partial charge is 0.492 e. The van der Waals surface area contributed by atoms with E-state index in [0.717, 1.165) is 24.2 Å². The van der Waals surface area contributed by atoms with Crippen molar-refractivity contribution < 1.29 is 14.1 Å². The highest BCUT2D eigenvalue weighted by Crippen LogP contribution is 2.28. The predicted molar refractivity (Wildman–Crippen MR) is 173 cm³/mol.